The minimum atomic E-state index is -0.404. The molecule has 0 amide bonds. The summed E-state index contributed by atoms with van der Waals surface area (Å²) in [5.41, 5.74) is 1.99. The molecule has 2 rings (SSSR count). The predicted molar refractivity (Wildman–Crippen MR) is 81.3 cm³/mol. The highest BCUT2D eigenvalue weighted by atomic mass is 16.6. The molecule has 2 aromatic carbocycles. The van der Waals surface area contributed by atoms with E-state index < -0.39 is 4.92 Å². The molecule has 5 nitrogen and oxygen atoms in total. The van der Waals surface area contributed by atoms with Crippen molar-refractivity contribution in [1.82, 2.24) is 5.32 Å². The van der Waals surface area contributed by atoms with Crippen LogP contribution in [-0.2, 0) is 6.61 Å². The summed E-state index contributed by atoms with van der Waals surface area (Å²) in [4.78, 5) is 10.3. The Morgan fingerprint density at radius 3 is 2.71 bits per heavy atom. The van der Waals surface area contributed by atoms with Crippen LogP contribution in [0.15, 0.2) is 48.5 Å². The Hall–Kier alpha value is -2.40. The molecule has 0 aliphatic carbocycles. The van der Waals surface area contributed by atoms with Crippen LogP contribution < -0.4 is 10.1 Å². The molecule has 0 fully saturated rings. The van der Waals surface area contributed by atoms with Gasteiger partial charge in [0.15, 0.2) is 0 Å². The zero-order valence-corrected chi connectivity index (χ0v) is 12.1. The molecule has 0 radical (unpaired) electrons. The summed E-state index contributed by atoms with van der Waals surface area (Å²) in [6, 6.07) is 14.5. The van der Waals surface area contributed by atoms with Crippen LogP contribution in [0.5, 0.6) is 5.75 Å². The number of hydrogen-bond donors (Lipinski definition) is 1. The Labute approximate surface area is 123 Å². The van der Waals surface area contributed by atoms with E-state index in [4.69, 9.17) is 4.74 Å². The Balaban J connectivity index is 2.06. The first kappa shape index (κ1) is 15.0. The normalized spacial score (nSPS) is 11.9. The second kappa shape index (κ2) is 6.85. The third-order valence-electron chi connectivity index (χ3n) is 3.32. The van der Waals surface area contributed by atoms with E-state index in [1.54, 1.807) is 6.07 Å². The summed E-state index contributed by atoms with van der Waals surface area (Å²) >= 11 is 0. The number of ether oxygens (including phenoxy) is 1. The summed E-state index contributed by atoms with van der Waals surface area (Å²) in [5.74, 6) is 0.751. The highest BCUT2D eigenvalue weighted by molar-refractivity contribution is 5.35. The lowest BCUT2D eigenvalue weighted by atomic mass is 10.1. The lowest BCUT2D eigenvalue weighted by Gasteiger charge is -2.12. The van der Waals surface area contributed by atoms with Gasteiger partial charge >= 0.3 is 0 Å². The van der Waals surface area contributed by atoms with E-state index in [-0.39, 0.29) is 11.7 Å². The molecule has 0 spiro atoms. The number of nitrogens with zero attached hydrogens (tertiary/aromatic N) is 1. The molecule has 0 saturated carbocycles. The number of nitrogens with one attached hydrogen (secondary N) is 1. The van der Waals surface area contributed by atoms with Crippen LogP contribution in [0.25, 0.3) is 0 Å². The summed E-state index contributed by atoms with van der Waals surface area (Å²) in [5, 5.41) is 13.9. The second-order valence-corrected chi connectivity index (χ2v) is 4.80. The average molecular weight is 286 g/mol. The van der Waals surface area contributed by atoms with E-state index in [0.717, 1.165) is 16.9 Å². The number of rotatable bonds is 6. The van der Waals surface area contributed by atoms with Crippen LogP contribution in [-0.4, -0.2) is 12.0 Å². The van der Waals surface area contributed by atoms with Gasteiger partial charge in [0.05, 0.1) is 4.92 Å². The third-order valence-corrected chi connectivity index (χ3v) is 3.32. The standard InChI is InChI=1S/C16H18N2O3/c1-12(17-2)14-6-4-8-16(10-14)21-11-13-5-3-7-15(9-13)18(19)20/h3-10,12,17H,11H2,1-2H3. The maximum atomic E-state index is 10.7. The molecule has 21 heavy (non-hydrogen) atoms. The topological polar surface area (TPSA) is 64.4 Å². The van der Waals surface area contributed by atoms with Crippen molar-refractivity contribution in [2.24, 2.45) is 0 Å². The van der Waals surface area contributed by atoms with Crippen LogP contribution in [0, 0.1) is 10.1 Å². The number of hydrogen-bond acceptors (Lipinski definition) is 4. The summed E-state index contributed by atoms with van der Waals surface area (Å²) in [6.45, 7) is 2.37. The van der Waals surface area contributed by atoms with E-state index in [9.17, 15) is 10.1 Å². The molecule has 0 bridgehead atoms. The Morgan fingerprint density at radius 1 is 1.24 bits per heavy atom. The summed E-state index contributed by atoms with van der Waals surface area (Å²) in [6.07, 6.45) is 0. The highest BCUT2D eigenvalue weighted by Gasteiger charge is 2.07. The molecular weight excluding hydrogens is 268 g/mol. The zero-order chi connectivity index (χ0) is 15.2. The van der Waals surface area contributed by atoms with Gasteiger partial charge in [-0.2, -0.15) is 0 Å². The maximum Gasteiger partial charge on any atom is 0.269 e. The molecule has 0 aliphatic heterocycles. The van der Waals surface area contributed by atoms with Crippen LogP contribution in [0.1, 0.15) is 24.1 Å². The minimum absolute atomic E-state index is 0.0775. The SMILES string of the molecule is CNC(C)c1cccc(OCc2cccc([N+](=O)[O-])c2)c1. The van der Waals surface area contributed by atoms with Crippen molar-refractivity contribution in [2.75, 3.05) is 7.05 Å². The molecule has 1 atom stereocenters. The van der Waals surface area contributed by atoms with E-state index in [1.807, 2.05) is 37.4 Å². The fourth-order valence-electron chi connectivity index (χ4n) is 1.97. The van der Waals surface area contributed by atoms with Gasteiger partial charge in [0.1, 0.15) is 12.4 Å². The van der Waals surface area contributed by atoms with E-state index in [0.29, 0.717) is 6.61 Å². The Morgan fingerprint density at radius 2 is 2.00 bits per heavy atom. The second-order valence-electron chi connectivity index (χ2n) is 4.80. The quantitative estimate of drug-likeness (QED) is 0.652. The first-order valence-electron chi connectivity index (χ1n) is 6.73. The molecule has 5 heteroatoms. The molecule has 0 aliphatic rings. The molecular formula is C16H18N2O3. The first-order chi connectivity index (χ1) is 10.1. The van der Waals surface area contributed by atoms with Crippen LogP contribution in [0.3, 0.4) is 0 Å². The Bertz CT molecular complexity index is 628. The molecule has 2 aromatic rings. The lowest BCUT2D eigenvalue weighted by molar-refractivity contribution is -0.384. The fraction of sp³-hybridized carbons (Fsp3) is 0.250. The maximum absolute atomic E-state index is 10.7. The third kappa shape index (κ3) is 4.03. The van der Waals surface area contributed by atoms with Crippen LogP contribution in [0.2, 0.25) is 0 Å². The van der Waals surface area contributed by atoms with Gasteiger partial charge in [0.2, 0.25) is 0 Å². The lowest BCUT2D eigenvalue weighted by Crippen LogP contribution is -2.12. The monoisotopic (exact) mass is 286 g/mol. The highest BCUT2D eigenvalue weighted by Crippen LogP contribution is 2.20. The predicted octanol–water partition coefficient (Wildman–Crippen LogP) is 3.45. The van der Waals surface area contributed by atoms with Crippen LogP contribution in [0.4, 0.5) is 5.69 Å². The van der Waals surface area contributed by atoms with Crippen molar-refractivity contribution in [1.29, 1.82) is 0 Å². The smallest absolute Gasteiger partial charge is 0.269 e. The van der Waals surface area contributed by atoms with Gasteiger partial charge < -0.3 is 10.1 Å². The van der Waals surface area contributed by atoms with Gasteiger partial charge in [0.25, 0.3) is 5.69 Å². The molecule has 0 saturated heterocycles. The van der Waals surface area contributed by atoms with Crippen molar-refractivity contribution in [2.45, 2.75) is 19.6 Å². The van der Waals surface area contributed by atoms with Crippen molar-refractivity contribution >= 4 is 5.69 Å². The van der Waals surface area contributed by atoms with Crippen LogP contribution >= 0.6 is 0 Å². The van der Waals surface area contributed by atoms with Gasteiger partial charge in [0, 0.05) is 18.2 Å². The zero-order valence-electron chi connectivity index (χ0n) is 12.1. The van der Waals surface area contributed by atoms with Crippen molar-refractivity contribution in [3.63, 3.8) is 0 Å². The van der Waals surface area contributed by atoms with E-state index in [2.05, 4.69) is 12.2 Å². The van der Waals surface area contributed by atoms with Gasteiger partial charge in [-0.15, -0.1) is 0 Å². The number of non-ortho nitro benzene ring substituents is 1. The van der Waals surface area contributed by atoms with Crippen molar-refractivity contribution in [3.8, 4) is 5.75 Å². The van der Waals surface area contributed by atoms with Gasteiger partial charge in [-0.25, -0.2) is 0 Å². The number of benzene rings is 2. The Kier molecular flexibility index (Phi) is 4.90. The van der Waals surface area contributed by atoms with Crippen molar-refractivity contribution in [3.05, 3.63) is 69.8 Å². The summed E-state index contributed by atoms with van der Waals surface area (Å²) < 4.78 is 5.71. The molecule has 0 heterocycles. The van der Waals surface area contributed by atoms with Gasteiger partial charge in [-0.1, -0.05) is 24.3 Å². The van der Waals surface area contributed by atoms with Crippen molar-refractivity contribution < 1.29 is 9.66 Å². The molecule has 1 unspecified atom stereocenters. The fourth-order valence-corrected chi connectivity index (χ4v) is 1.97. The number of nitro benzene ring substituents is 1. The largest absolute Gasteiger partial charge is 0.489 e. The van der Waals surface area contributed by atoms with E-state index >= 15 is 0 Å². The van der Waals surface area contributed by atoms with E-state index in [1.165, 1.54) is 12.1 Å². The van der Waals surface area contributed by atoms with Gasteiger partial charge in [-0.05, 0) is 37.2 Å². The molecule has 0 aromatic heterocycles. The molecule has 1 N–H and O–H groups in total. The average Bonchev–Trinajstić information content (AvgIpc) is 2.52. The first-order valence-corrected chi connectivity index (χ1v) is 6.73. The minimum Gasteiger partial charge on any atom is -0.489 e. The number of nitro groups is 1. The molecule has 110 valence electrons. The summed E-state index contributed by atoms with van der Waals surface area (Å²) in [7, 11) is 1.90. The van der Waals surface area contributed by atoms with Gasteiger partial charge in [-0.3, -0.25) is 10.1 Å².